The van der Waals surface area contributed by atoms with E-state index in [4.69, 9.17) is 4.74 Å². The van der Waals surface area contributed by atoms with Crippen molar-refractivity contribution in [3.05, 3.63) is 29.3 Å². The molecule has 0 unspecified atom stereocenters. The van der Waals surface area contributed by atoms with Crippen molar-refractivity contribution in [1.29, 1.82) is 0 Å². The number of aliphatic hydroxyl groups excluding tert-OH is 1. The number of methoxy groups -OCH3 is 1. The van der Waals surface area contributed by atoms with E-state index in [0.29, 0.717) is 19.0 Å². The Morgan fingerprint density at radius 3 is 3.04 bits per heavy atom. The molecular formula is C19H28N2O3. The van der Waals surface area contributed by atoms with E-state index in [2.05, 4.69) is 17.4 Å². The van der Waals surface area contributed by atoms with Crippen LogP contribution in [0.4, 0.5) is 4.79 Å². The largest absolute Gasteiger partial charge is 0.497 e. The molecule has 1 fully saturated rings. The smallest absolute Gasteiger partial charge is 0.317 e. The van der Waals surface area contributed by atoms with Gasteiger partial charge in [-0.25, -0.2) is 4.79 Å². The highest BCUT2D eigenvalue weighted by atomic mass is 16.5. The van der Waals surface area contributed by atoms with Gasteiger partial charge >= 0.3 is 6.03 Å². The van der Waals surface area contributed by atoms with E-state index in [1.807, 2.05) is 11.0 Å². The number of nitrogens with zero attached hydrogens (tertiary/aromatic N) is 1. The van der Waals surface area contributed by atoms with Gasteiger partial charge in [0, 0.05) is 32.2 Å². The summed E-state index contributed by atoms with van der Waals surface area (Å²) >= 11 is 0. The number of amides is 2. The highest BCUT2D eigenvalue weighted by molar-refractivity contribution is 5.74. The number of likely N-dealkylation sites (tertiary alicyclic amines) is 1. The average Bonchev–Trinajstić information content (AvgIpc) is 2.65. The van der Waals surface area contributed by atoms with Crippen LogP contribution in [0, 0.1) is 5.92 Å². The van der Waals surface area contributed by atoms with Crippen LogP contribution in [0.3, 0.4) is 0 Å². The number of nitrogens with one attached hydrogen (secondary N) is 1. The number of urea groups is 1. The van der Waals surface area contributed by atoms with Crippen LogP contribution in [0.25, 0.3) is 0 Å². The molecule has 1 saturated heterocycles. The van der Waals surface area contributed by atoms with Gasteiger partial charge in [-0.2, -0.15) is 0 Å². The first-order chi connectivity index (χ1) is 11.7. The van der Waals surface area contributed by atoms with Crippen molar-refractivity contribution in [3.8, 4) is 5.75 Å². The molecule has 0 saturated carbocycles. The summed E-state index contributed by atoms with van der Waals surface area (Å²) in [5, 5.41) is 12.4. The molecule has 1 aromatic rings. The molecular weight excluding hydrogens is 304 g/mol. The Labute approximate surface area is 144 Å². The first-order valence-electron chi connectivity index (χ1n) is 9.01. The lowest BCUT2D eigenvalue weighted by atomic mass is 9.82. The van der Waals surface area contributed by atoms with Gasteiger partial charge in [0.25, 0.3) is 0 Å². The van der Waals surface area contributed by atoms with Crippen LogP contribution >= 0.6 is 0 Å². The highest BCUT2D eigenvalue weighted by Gasteiger charge is 2.25. The number of hydrogen-bond acceptors (Lipinski definition) is 3. The molecule has 24 heavy (non-hydrogen) atoms. The summed E-state index contributed by atoms with van der Waals surface area (Å²) in [6.45, 7) is 2.31. The molecule has 0 radical (unpaired) electrons. The average molecular weight is 332 g/mol. The van der Waals surface area contributed by atoms with Gasteiger partial charge in [-0.05, 0) is 61.3 Å². The van der Waals surface area contributed by atoms with E-state index in [1.54, 1.807) is 7.11 Å². The molecule has 1 aromatic carbocycles. The minimum atomic E-state index is 0.00813. The van der Waals surface area contributed by atoms with Gasteiger partial charge in [0.15, 0.2) is 0 Å². The molecule has 5 nitrogen and oxygen atoms in total. The van der Waals surface area contributed by atoms with Crippen molar-refractivity contribution >= 4 is 6.03 Å². The van der Waals surface area contributed by atoms with Gasteiger partial charge in [0.05, 0.1) is 7.11 Å². The van der Waals surface area contributed by atoms with Crippen LogP contribution in [0.2, 0.25) is 0 Å². The number of piperidine rings is 1. The standard InChI is InChI=1S/C19H28N2O3/c1-24-17-7-8-18-15(10-17)5-2-6-16(18)11-20-19(23)21-9-3-4-14(12-21)13-22/h7-8,10,14,16,22H,2-6,9,11-13H2,1H3,(H,20,23)/t14-,16+/m1/s1. The second-order valence-corrected chi connectivity index (χ2v) is 6.98. The van der Waals surface area contributed by atoms with Crippen LogP contribution in [-0.4, -0.2) is 49.4 Å². The van der Waals surface area contributed by atoms with Crippen LogP contribution in [0.5, 0.6) is 5.75 Å². The second-order valence-electron chi connectivity index (χ2n) is 6.98. The van der Waals surface area contributed by atoms with Crippen molar-refractivity contribution in [2.45, 2.75) is 38.0 Å². The minimum absolute atomic E-state index is 0.00813. The molecule has 2 amide bonds. The van der Waals surface area contributed by atoms with Crippen LogP contribution in [-0.2, 0) is 6.42 Å². The molecule has 2 N–H and O–H groups in total. The molecule has 132 valence electrons. The van der Waals surface area contributed by atoms with Crippen molar-refractivity contribution < 1.29 is 14.6 Å². The molecule has 1 aliphatic heterocycles. The van der Waals surface area contributed by atoms with Crippen molar-refractivity contribution in [2.24, 2.45) is 5.92 Å². The zero-order valence-corrected chi connectivity index (χ0v) is 14.5. The van der Waals surface area contributed by atoms with E-state index < -0.39 is 0 Å². The van der Waals surface area contributed by atoms with Gasteiger partial charge in [0.1, 0.15) is 5.75 Å². The summed E-state index contributed by atoms with van der Waals surface area (Å²) in [6.07, 6.45) is 5.33. The fraction of sp³-hybridized carbons (Fsp3) is 0.632. The number of benzene rings is 1. The molecule has 3 rings (SSSR count). The monoisotopic (exact) mass is 332 g/mol. The quantitative estimate of drug-likeness (QED) is 0.891. The third-order valence-electron chi connectivity index (χ3n) is 5.35. The first kappa shape index (κ1) is 17.1. The van der Waals surface area contributed by atoms with Gasteiger partial charge in [-0.3, -0.25) is 0 Å². The summed E-state index contributed by atoms with van der Waals surface area (Å²) in [7, 11) is 1.69. The van der Waals surface area contributed by atoms with Crippen molar-refractivity contribution in [3.63, 3.8) is 0 Å². The zero-order valence-electron chi connectivity index (χ0n) is 14.5. The fourth-order valence-corrected chi connectivity index (χ4v) is 3.95. The van der Waals surface area contributed by atoms with Crippen LogP contribution in [0.15, 0.2) is 18.2 Å². The Morgan fingerprint density at radius 1 is 1.38 bits per heavy atom. The molecule has 0 spiro atoms. The van der Waals surface area contributed by atoms with E-state index in [1.165, 1.54) is 11.1 Å². The Morgan fingerprint density at radius 2 is 2.25 bits per heavy atom. The molecule has 1 heterocycles. The van der Waals surface area contributed by atoms with Gasteiger partial charge in [-0.1, -0.05) is 6.07 Å². The Hall–Kier alpha value is -1.75. The lowest BCUT2D eigenvalue weighted by Crippen LogP contribution is -2.47. The molecule has 2 atom stereocenters. The van der Waals surface area contributed by atoms with Gasteiger partial charge < -0.3 is 20.1 Å². The maximum Gasteiger partial charge on any atom is 0.317 e. The van der Waals surface area contributed by atoms with Crippen LogP contribution in [0.1, 0.15) is 42.7 Å². The minimum Gasteiger partial charge on any atom is -0.497 e. The predicted molar refractivity (Wildman–Crippen MR) is 93.5 cm³/mol. The Balaban J connectivity index is 1.58. The molecule has 0 bridgehead atoms. The lowest BCUT2D eigenvalue weighted by Gasteiger charge is -2.33. The summed E-state index contributed by atoms with van der Waals surface area (Å²) in [6, 6.07) is 6.29. The first-order valence-corrected chi connectivity index (χ1v) is 9.01. The Bertz CT molecular complexity index is 576. The molecule has 5 heteroatoms. The molecule has 0 aromatic heterocycles. The third kappa shape index (κ3) is 3.83. The highest BCUT2D eigenvalue weighted by Crippen LogP contribution is 2.33. The zero-order chi connectivity index (χ0) is 16.9. The van der Waals surface area contributed by atoms with Gasteiger partial charge in [0.2, 0.25) is 0 Å². The number of ether oxygens (including phenoxy) is 1. The SMILES string of the molecule is COc1ccc2c(c1)CCC[C@H]2CNC(=O)N1CCC[C@@H](CO)C1. The maximum absolute atomic E-state index is 12.4. The summed E-state index contributed by atoms with van der Waals surface area (Å²) in [4.78, 5) is 14.3. The number of aliphatic hydroxyl groups is 1. The summed E-state index contributed by atoms with van der Waals surface area (Å²) in [5.41, 5.74) is 2.69. The van der Waals surface area contributed by atoms with E-state index >= 15 is 0 Å². The van der Waals surface area contributed by atoms with E-state index in [0.717, 1.165) is 44.4 Å². The maximum atomic E-state index is 12.4. The van der Waals surface area contributed by atoms with Gasteiger partial charge in [-0.15, -0.1) is 0 Å². The summed E-state index contributed by atoms with van der Waals surface area (Å²) in [5.74, 6) is 1.51. The molecule has 1 aliphatic carbocycles. The number of carbonyl (C=O) groups excluding carboxylic acids is 1. The van der Waals surface area contributed by atoms with Crippen LogP contribution < -0.4 is 10.1 Å². The normalized spacial score (nSPS) is 23.5. The summed E-state index contributed by atoms with van der Waals surface area (Å²) < 4.78 is 5.32. The van der Waals surface area contributed by atoms with Crippen molar-refractivity contribution in [1.82, 2.24) is 10.2 Å². The fourth-order valence-electron chi connectivity index (χ4n) is 3.95. The third-order valence-corrected chi connectivity index (χ3v) is 5.35. The predicted octanol–water partition coefficient (Wildman–Crippen LogP) is 2.53. The second kappa shape index (κ2) is 7.88. The van der Waals surface area contributed by atoms with Crippen molar-refractivity contribution in [2.75, 3.05) is 33.4 Å². The molecule has 2 aliphatic rings. The topological polar surface area (TPSA) is 61.8 Å². The number of rotatable bonds is 4. The number of aryl methyl sites for hydroxylation is 1. The van der Waals surface area contributed by atoms with E-state index in [-0.39, 0.29) is 18.6 Å². The number of carbonyl (C=O) groups is 1. The van der Waals surface area contributed by atoms with E-state index in [9.17, 15) is 9.90 Å². The number of fused-ring (bicyclic) bond motifs is 1. The Kier molecular flexibility index (Phi) is 5.61. The lowest BCUT2D eigenvalue weighted by molar-refractivity contribution is 0.129. The number of hydrogen-bond donors (Lipinski definition) is 2.